The fraction of sp³-hybridized carbons (Fsp3) is 0.897. The summed E-state index contributed by atoms with van der Waals surface area (Å²) in [6.45, 7) is 3.98. The molecule has 5 heteroatoms. The zero-order chi connectivity index (χ0) is 32.4. The van der Waals surface area contributed by atoms with Crippen molar-refractivity contribution in [2.75, 3.05) is 6.61 Å². The Balaban J connectivity index is 3.68. The second-order valence-electron chi connectivity index (χ2n) is 13.2. The maximum Gasteiger partial charge on any atom is 0.306 e. The first kappa shape index (κ1) is 42.8. The molecule has 0 aliphatic heterocycles. The number of carbonyl (C=O) groups is 2. The van der Waals surface area contributed by atoms with E-state index in [1.165, 1.54) is 128 Å². The van der Waals surface area contributed by atoms with Crippen LogP contribution in [0.3, 0.4) is 0 Å². The molecule has 0 bridgehead atoms. The summed E-state index contributed by atoms with van der Waals surface area (Å²) in [6, 6.07) is 0. The van der Waals surface area contributed by atoms with Crippen molar-refractivity contribution in [1.29, 1.82) is 0 Å². The molecule has 5 nitrogen and oxygen atoms in total. The van der Waals surface area contributed by atoms with Gasteiger partial charge in [0.1, 0.15) is 0 Å². The predicted octanol–water partition coefficient (Wildman–Crippen LogP) is 11.1. The molecule has 0 spiro atoms. The van der Waals surface area contributed by atoms with E-state index in [1.54, 1.807) is 0 Å². The highest BCUT2D eigenvalue weighted by Gasteiger charge is 2.28. The van der Waals surface area contributed by atoms with Crippen LogP contribution in [0.15, 0.2) is 12.2 Å². The van der Waals surface area contributed by atoms with Gasteiger partial charge in [0.25, 0.3) is 0 Å². The minimum absolute atomic E-state index is 0.259. The summed E-state index contributed by atoms with van der Waals surface area (Å²) in [4.78, 5) is 24.6. The Bertz CT molecular complexity index is 646. The van der Waals surface area contributed by atoms with E-state index in [1.807, 2.05) is 0 Å². The van der Waals surface area contributed by atoms with E-state index < -0.39 is 24.8 Å². The summed E-state index contributed by atoms with van der Waals surface area (Å²) in [5.74, 6) is -0.784. The fourth-order valence-corrected chi connectivity index (χ4v) is 5.80. The highest BCUT2D eigenvalue weighted by Crippen LogP contribution is 2.15. The quantitative estimate of drug-likeness (QED) is 0.0417. The molecule has 0 rings (SSSR count). The maximum atomic E-state index is 12.4. The molecule has 0 radical (unpaired) electrons. The van der Waals surface area contributed by atoms with Gasteiger partial charge in [-0.3, -0.25) is 9.59 Å². The van der Waals surface area contributed by atoms with Crippen molar-refractivity contribution >= 4 is 11.8 Å². The number of carbonyl (C=O) groups excluding carboxylic acids is 2. The summed E-state index contributed by atoms with van der Waals surface area (Å²) in [5, 5.41) is 20.0. The molecule has 0 saturated carbocycles. The Kier molecular flexibility index (Phi) is 33.7. The predicted molar refractivity (Wildman–Crippen MR) is 187 cm³/mol. The van der Waals surface area contributed by atoms with Crippen LogP contribution in [0.25, 0.3) is 0 Å². The fourth-order valence-electron chi connectivity index (χ4n) is 5.80. The summed E-state index contributed by atoms with van der Waals surface area (Å²) in [6.07, 6.45) is 37.0. The van der Waals surface area contributed by atoms with Gasteiger partial charge in [0, 0.05) is 12.8 Å². The van der Waals surface area contributed by atoms with E-state index in [2.05, 4.69) is 26.0 Å². The molecular weight excluding hydrogens is 548 g/mol. The van der Waals surface area contributed by atoms with E-state index in [4.69, 9.17) is 4.74 Å². The molecule has 2 N–H and O–H groups in total. The molecule has 0 aromatic rings. The van der Waals surface area contributed by atoms with Gasteiger partial charge in [-0.2, -0.15) is 0 Å². The van der Waals surface area contributed by atoms with Crippen molar-refractivity contribution in [2.45, 2.75) is 219 Å². The third kappa shape index (κ3) is 29.5. The van der Waals surface area contributed by atoms with Gasteiger partial charge < -0.3 is 14.9 Å². The molecular formula is C39H74O5. The monoisotopic (exact) mass is 623 g/mol. The summed E-state index contributed by atoms with van der Waals surface area (Å²) in [5.41, 5.74) is 0. The zero-order valence-corrected chi connectivity index (χ0v) is 29.3. The highest BCUT2D eigenvalue weighted by atomic mass is 16.6. The van der Waals surface area contributed by atoms with E-state index in [0.29, 0.717) is 0 Å². The van der Waals surface area contributed by atoms with Crippen LogP contribution < -0.4 is 0 Å². The van der Waals surface area contributed by atoms with Gasteiger partial charge in [-0.15, -0.1) is 0 Å². The van der Waals surface area contributed by atoms with Crippen LogP contribution in [0.2, 0.25) is 0 Å². The van der Waals surface area contributed by atoms with Gasteiger partial charge in [0.15, 0.2) is 18.0 Å². The van der Waals surface area contributed by atoms with Crippen molar-refractivity contribution in [3.8, 4) is 0 Å². The number of hydrogen-bond donors (Lipinski definition) is 2. The Morgan fingerprint density at radius 1 is 0.523 bits per heavy atom. The van der Waals surface area contributed by atoms with Crippen LogP contribution in [-0.2, 0) is 14.3 Å². The van der Waals surface area contributed by atoms with Crippen LogP contribution in [-0.4, -0.2) is 40.8 Å². The average molecular weight is 623 g/mol. The van der Waals surface area contributed by atoms with Gasteiger partial charge in [-0.1, -0.05) is 167 Å². The lowest BCUT2D eigenvalue weighted by molar-refractivity contribution is -0.161. The van der Waals surface area contributed by atoms with Gasteiger partial charge in [-0.25, -0.2) is 0 Å². The second-order valence-corrected chi connectivity index (χ2v) is 13.2. The average Bonchev–Trinajstić information content (AvgIpc) is 3.03. The van der Waals surface area contributed by atoms with Gasteiger partial charge in [0.2, 0.25) is 0 Å². The second kappa shape index (κ2) is 34.7. The topological polar surface area (TPSA) is 83.8 Å². The zero-order valence-electron chi connectivity index (χ0n) is 29.3. The summed E-state index contributed by atoms with van der Waals surface area (Å²) >= 11 is 0. The molecule has 0 amide bonds. The molecule has 0 saturated heterocycles. The molecule has 0 aromatic heterocycles. The minimum Gasteiger partial charge on any atom is -0.457 e. The van der Waals surface area contributed by atoms with Crippen molar-refractivity contribution in [1.82, 2.24) is 0 Å². The smallest absolute Gasteiger partial charge is 0.306 e. The van der Waals surface area contributed by atoms with Crippen LogP contribution in [0.4, 0.5) is 0 Å². The van der Waals surface area contributed by atoms with Crippen molar-refractivity contribution in [3.63, 3.8) is 0 Å². The van der Waals surface area contributed by atoms with Gasteiger partial charge in [0.05, 0.1) is 6.61 Å². The standard InChI is InChI=1S/C39H74O5/c1-3-5-7-9-11-13-15-17-19-21-23-25-27-29-31-33-36(41)39(43)37(35-40)44-38(42)34-32-30-28-26-24-22-20-18-16-14-12-10-8-6-4-2/h18,20,37,39-40,43H,3-17,19,21-35H2,1-2H3/b20-18-. The normalized spacial score (nSPS) is 13.0. The highest BCUT2D eigenvalue weighted by molar-refractivity contribution is 5.83. The number of esters is 1. The van der Waals surface area contributed by atoms with Crippen molar-refractivity contribution in [2.24, 2.45) is 0 Å². The van der Waals surface area contributed by atoms with Crippen molar-refractivity contribution in [3.05, 3.63) is 12.2 Å². The number of ether oxygens (including phenoxy) is 1. The lowest BCUT2D eigenvalue weighted by Gasteiger charge is -2.20. The largest absolute Gasteiger partial charge is 0.457 e. The van der Waals surface area contributed by atoms with E-state index in [0.717, 1.165) is 51.4 Å². The molecule has 2 atom stereocenters. The van der Waals surface area contributed by atoms with Crippen LogP contribution >= 0.6 is 0 Å². The van der Waals surface area contributed by atoms with Crippen molar-refractivity contribution < 1.29 is 24.5 Å². The number of allylic oxidation sites excluding steroid dienone is 2. The number of ketones is 1. The molecule has 0 fully saturated rings. The lowest BCUT2D eigenvalue weighted by Crippen LogP contribution is -2.40. The minimum atomic E-state index is -1.44. The first-order valence-corrected chi connectivity index (χ1v) is 19.2. The molecule has 44 heavy (non-hydrogen) atoms. The number of aliphatic hydroxyl groups is 2. The van der Waals surface area contributed by atoms with Crippen LogP contribution in [0.5, 0.6) is 0 Å². The van der Waals surface area contributed by atoms with Crippen LogP contribution in [0.1, 0.15) is 206 Å². The Morgan fingerprint density at radius 3 is 1.25 bits per heavy atom. The SMILES string of the molecule is CCCCCCCC/C=C\CCCCCCCC(=O)OC(CO)C(O)C(=O)CCCCCCCCCCCCCCCCC. The summed E-state index contributed by atoms with van der Waals surface area (Å²) < 4.78 is 5.26. The Hall–Kier alpha value is -1.20. The lowest BCUT2D eigenvalue weighted by atomic mass is 10.0. The molecule has 260 valence electrons. The number of unbranched alkanes of at least 4 members (excludes halogenated alkanes) is 25. The van der Waals surface area contributed by atoms with E-state index >= 15 is 0 Å². The number of hydrogen-bond acceptors (Lipinski definition) is 5. The summed E-state index contributed by atoms with van der Waals surface area (Å²) in [7, 11) is 0. The first-order chi connectivity index (χ1) is 21.6. The van der Waals surface area contributed by atoms with Gasteiger partial charge in [-0.05, 0) is 38.5 Å². The van der Waals surface area contributed by atoms with Crippen LogP contribution in [0, 0.1) is 0 Å². The first-order valence-electron chi connectivity index (χ1n) is 19.2. The van der Waals surface area contributed by atoms with E-state index in [-0.39, 0.29) is 18.6 Å². The maximum absolute atomic E-state index is 12.4. The Labute approximate surface area is 273 Å². The number of rotatable bonds is 35. The molecule has 0 aliphatic carbocycles. The third-order valence-electron chi connectivity index (χ3n) is 8.81. The Morgan fingerprint density at radius 2 is 0.864 bits per heavy atom. The molecule has 0 heterocycles. The number of aliphatic hydroxyl groups excluding tert-OH is 2. The number of Topliss-reactive ketones (excluding diaryl/α,β-unsaturated/α-hetero) is 1. The molecule has 2 unspecified atom stereocenters. The van der Waals surface area contributed by atoms with E-state index in [9.17, 15) is 19.8 Å². The molecule has 0 aromatic carbocycles. The van der Waals surface area contributed by atoms with Gasteiger partial charge >= 0.3 is 5.97 Å². The third-order valence-corrected chi connectivity index (χ3v) is 8.81. The molecule has 0 aliphatic rings.